The molecule has 206 valence electrons. The first-order valence-corrected chi connectivity index (χ1v) is 11.3. The van der Waals surface area contributed by atoms with Crippen molar-refractivity contribution in [2.75, 3.05) is 0 Å². The fraction of sp³-hybridized carbons (Fsp3) is 0.429. The summed E-state index contributed by atoms with van der Waals surface area (Å²) in [5, 5.41) is 25.2. The number of rotatable bonds is 16. The van der Waals surface area contributed by atoms with Crippen LogP contribution in [0, 0.1) is 0 Å². The van der Waals surface area contributed by atoms with Crippen LogP contribution in [0.3, 0.4) is 0 Å². The molecule has 4 unspecified atom stereocenters. The Bertz CT molecular complexity index is 1120. The second-order valence-electron chi connectivity index (χ2n) is 8.29. The van der Waals surface area contributed by atoms with Gasteiger partial charge in [-0.2, -0.15) is 0 Å². The van der Waals surface area contributed by atoms with Gasteiger partial charge in [0.1, 0.15) is 18.1 Å². The molecule has 0 fully saturated rings. The summed E-state index contributed by atoms with van der Waals surface area (Å²) in [5.41, 5.74) is 12.0. The number of nitrogens with two attached hydrogens (primary N) is 2. The van der Waals surface area contributed by atoms with E-state index in [1.54, 1.807) is 0 Å². The largest absolute Gasteiger partial charge is 0.481 e. The molecule has 2 aromatic heterocycles. The van der Waals surface area contributed by atoms with Crippen LogP contribution in [0.4, 0.5) is 0 Å². The molecule has 0 aliphatic carbocycles. The standard InChI is InChI=1S/C21H29N9O8/c22-12(3-10-6-24-8-26-10)18(34)29-14(4-11-7-25-9-27-11)20(36)28-13(1-2-17(32)33)19(35)30-15(21(37)38)5-16(23)31/h6-9,12-15H,1-5,22H2,(H2,23,31)(H,24,26)(H,25,27)(H,28,36)(H,29,34)(H,30,35)(H,32,33)(H,37,38). The Morgan fingerprint density at radius 1 is 0.816 bits per heavy atom. The number of aromatic amines is 2. The molecule has 0 saturated carbocycles. The summed E-state index contributed by atoms with van der Waals surface area (Å²) in [6, 6.07) is -5.57. The lowest BCUT2D eigenvalue weighted by Crippen LogP contribution is -2.58. The van der Waals surface area contributed by atoms with Crippen molar-refractivity contribution in [2.45, 2.75) is 56.3 Å². The van der Waals surface area contributed by atoms with Crippen molar-refractivity contribution in [3.8, 4) is 0 Å². The van der Waals surface area contributed by atoms with Crippen LogP contribution in [0.2, 0.25) is 0 Å². The quantitative estimate of drug-likeness (QED) is 0.102. The van der Waals surface area contributed by atoms with E-state index >= 15 is 0 Å². The number of carbonyl (C=O) groups is 6. The lowest BCUT2D eigenvalue weighted by molar-refractivity contribution is -0.144. The fourth-order valence-electron chi connectivity index (χ4n) is 3.31. The van der Waals surface area contributed by atoms with Crippen LogP contribution in [0.15, 0.2) is 25.0 Å². The van der Waals surface area contributed by atoms with E-state index < -0.39 is 79.0 Å². The lowest BCUT2D eigenvalue weighted by Gasteiger charge is -2.24. The minimum atomic E-state index is -1.70. The highest BCUT2D eigenvalue weighted by Crippen LogP contribution is 2.06. The number of carboxylic acids is 2. The molecule has 4 atom stereocenters. The molecule has 4 amide bonds. The molecule has 0 saturated heterocycles. The third-order valence-corrected chi connectivity index (χ3v) is 5.24. The van der Waals surface area contributed by atoms with Gasteiger partial charge in [-0.25, -0.2) is 14.8 Å². The Morgan fingerprint density at radius 2 is 1.34 bits per heavy atom. The van der Waals surface area contributed by atoms with Crippen LogP contribution in [-0.4, -0.2) is 89.9 Å². The summed E-state index contributed by atoms with van der Waals surface area (Å²) in [4.78, 5) is 85.6. The molecule has 2 heterocycles. The molecule has 17 heteroatoms. The van der Waals surface area contributed by atoms with Crippen LogP contribution in [0.25, 0.3) is 0 Å². The molecular formula is C21H29N9O8. The zero-order valence-corrected chi connectivity index (χ0v) is 20.0. The van der Waals surface area contributed by atoms with Crippen molar-refractivity contribution in [2.24, 2.45) is 11.5 Å². The molecule has 0 aliphatic rings. The highest BCUT2D eigenvalue weighted by Gasteiger charge is 2.31. The third kappa shape index (κ3) is 9.69. The second-order valence-corrected chi connectivity index (χ2v) is 8.29. The Labute approximate surface area is 215 Å². The maximum Gasteiger partial charge on any atom is 0.326 e. The minimum absolute atomic E-state index is 0.0876. The van der Waals surface area contributed by atoms with E-state index in [1.165, 1.54) is 25.0 Å². The first-order chi connectivity index (χ1) is 18.0. The topological polar surface area (TPSA) is 288 Å². The number of hydrogen-bond donors (Lipinski definition) is 9. The monoisotopic (exact) mass is 535 g/mol. The molecule has 38 heavy (non-hydrogen) atoms. The Kier molecular flexibility index (Phi) is 10.9. The number of nitrogens with one attached hydrogen (secondary N) is 5. The van der Waals surface area contributed by atoms with E-state index in [9.17, 15) is 33.9 Å². The number of aliphatic carboxylic acids is 2. The van der Waals surface area contributed by atoms with E-state index in [-0.39, 0.29) is 12.8 Å². The molecular weight excluding hydrogens is 506 g/mol. The SMILES string of the molecule is NC(=O)CC(NC(=O)C(CCC(=O)O)NC(=O)C(Cc1cnc[nH]1)NC(=O)C(N)Cc1cnc[nH]1)C(=O)O. The summed E-state index contributed by atoms with van der Waals surface area (Å²) < 4.78 is 0. The molecule has 11 N–H and O–H groups in total. The number of carboxylic acid groups (broad SMARTS) is 2. The van der Waals surface area contributed by atoms with Gasteiger partial charge in [0.2, 0.25) is 23.6 Å². The van der Waals surface area contributed by atoms with Crippen molar-refractivity contribution in [3.05, 3.63) is 36.4 Å². The summed E-state index contributed by atoms with van der Waals surface area (Å²) in [6.45, 7) is 0. The van der Waals surface area contributed by atoms with E-state index in [1.807, 2.05) is 0 Å². The number of hydrogen-bond acceptors (Lipinski definition) is 9. The Morgan fingerprint density at radius 3 is 1.84 bits per heavy atom. The van der Waals surface area contributed by atoms with Crippen molar-refractivity contribution in [1.29, 1.82) is 0 Å². The fourth-order valence-corrected chi connectivity index (χ4v) is 3.31. The molecule has 2 aromatic rings. The van der Waals surface area contributed by atoms with Gasteiger partial charge >= 0.3 is 11.9 Å². The second kappa shape index (κ2) is 14.1. The molecule has 0 aliphatic heterocycles. The number of carbonyl (C=O) groups excluding carboxylic acids is 4. The van der Waals surface area contributed by atoms with Gasteiger partial charge in [-0.05, 0) is 6.42 Å². The number of imidazole rings is 2. The van der Waals surface area contributed by atoms with Gasteiger partial charge in [0.05, 0.1) is 25.1 Å². The van der Waals surface area contributed by atoms with Crippen molar-refractivity contribution in [3.63, 3.8) is 0 Å². The molecule has 0 spiro atoms. The zero-order chi connectivity index (χ0) is 28.2. The summed E-state index contributed by atoms with van der Waals surface area (Å²) in [6.07, 6.45) is 3.94. The van der Waals surface area contributed by atoms with Crippen LogP contribution >= 0.6 is 0 Å². The highest BCUT2D eigenvalue weighted by atomic mass is 16.4. The van der Waals surface area contributed by atoms with Gasteiger partial charge in [-0.15, -0.1) is 0 Å². The van der Waals surface area contributed by atoms with Crippen LogP contribution in [0.1, 0.15) is 30.7 Å². The maximum absolute atomic E-state index is 13.2. The normalized spacial score (nSPS) is 13.9. The van der Waals surface area contributed by atoms with Gasteiger partial charge in [0, 0.05) is 43.0 Å². The number of amides is 4. The molecule has 0 aromatic carbocycles. The smallest absolute Gasteiger partial charge is 0.326 e. The van der Waals surface area contributed by atoms with Gasteiger partial charge < -0.3 is 47.6 Å². The number of nitrogens with zero attached hydrogens (tertiary/aromatic N) is 2. The first-order valence-electron chi connectivity index (χ1n) is 11.3. The minimum Gasteiger partial charge on any atom is -0.481 e. The van der Waals surface area contributed by atoms with Crippen molar-refractivity contribution >= 4 is 35.6 Å². The number of aromatic nitrogens is 4. The molecule has 0 radical (unpaired) electrons. The van der Waals surface area contributed by atoms with Gasteiger partial charge in [-0.1, -0.05) is 0 Å². The van der Waals surface area contributed by atoms with E-state index in [0.717, 1.165) is 0 Å². The van der Waals surface area contributed by atoms with E-state index in [0.29, 0.717) is 11.4 Å². The predicted molar refractivity (Wildman–Crippen MR) is 127 cm³/mol. The highest BCUT2D eigenvalue weighted by molar-refractivity contribution is 5.95. The average Bonchev–Trinajstić information content (AvgIpc) is 3.54. The van der Waals surface area contributed by atoms with E-state index in [4.69, 9.17) is 16.6 Å². The average molecular weight is 536 g/mol. The number of primary amides is 1. The predicted octanol–water partition coefficient (Wildman–Crippen LogP) is -3.48. The molecule has 0 bridgehead atoms. The summed E-state index contributed by atoms with van der Waals surface area (Å²) in [5.74, 6) is -6.48. The van der Waals surface area contributed by atoms with E-state index in [2.05, 4.69) is 35.9 Å². The van der Waals surface area contributed by atoms with Crippen molar-refractivity contribution in [1.82, 2.24) is 35.9 Å². The summed E-state index contributed by atoms with van der Waals surface area (Å²) in [7, 11) is 0. The van der Waals surface area contributed by atoms with Gasteiger partial charge in [0.15, 0.2) is 0 Å². The lowest BCUT2D eigenvalue weighted by atomic mass is 10.1. The Balaban J connectivity index is 2.19. The van der Waals surface area contributed by atoms with Gasteiger partial charge in [0.25, 0.3) is 0 Å². The van der Waals surface area contributed by atoms with Crippen molar-refractivity contribution < 1.29 is 39.0 Å². The summed E-state index contributed by atoms with van der Waals surface area (Å²) >= 11 is 0. The van der Waals surface area contributed by atoms with Crippen LogP contribution in [-0.2, 0) is 41.6 Å². The zero-order valence-electron chi connectivity index (χ0n) is 20.0. The maximum atomic E-state index is 13.2. The number of H-pyrrole nitrogens is 2. The Hall–Kier alpha value is -4.80. The third-order valence-electron chi connectivity index (χ3n) is 5.24. The molecule has 17 nitrogen and oxygen atoms in total. The molecule has 2 rings (SSSR count). The van der Waals surface area contributed by atoms with Crippen LogP contribution < -0.4 is 27.4 Å². The van der Waals surface area contributed by atoms with Crippen LogP contribution in [0.5, 0.6) is 0 Å². The first kappa shape index (κ1) is 29.4. The van der Waals surface area contributed by atoms with Gasteiger partial charge in [-0.3, -0.25) is 24.0 Å².